The van der Waals surface area contributed by atoms with E-state index in [1.807, 2.05) is 36.4 Å². The first-order chi connectivity index (χ1) is 16.1. The second-order valence-electron chi connectivity index (χ2n) is 8.54. The average Bonchev–Trinajstić information content (AvgIpc) is 3.41. The molecule has 3 aliphatic heterocycles. The Labute approximate surface area is 190 Å². The summed E-state index contributed by atoms with van der Waals surface area (Å²) in [6.07, 6.45) is 5.64. The Morgan fingerprint density at radius 1 is 1.21 bits per heavy atom. The summed E-state index contributed by atoms with van der Waals surface area (Å²) in [5.41, 5.74) is 4.56. The monoisotopic (exact) mass is 446 g/mol. The van der Waals surface area contributed by atoms with Gasteiger partial charge in [0.05, 0.1) is 23.4 Å². The Morgan fingerprint density at radius 2 is 2.06 bits per heavy atom. The van der Waals surface area contributed by atoms with E-state index < -0.39 is 5.72 Å². The zero-order valence-corrected chi connectivity index (χ0v) is 18.2. The minimum absolute atomic E-state index is 0.293. The fraction of sp³-hybridized carbons (Fsp3) is 0.280. The van der Waals surface area contributed by atoms with Gasteiger partial charge in [-0.15, -0.1) is 0 Å². The maximum Gasteiger partial charge on any atom is 0.260 e. The molecular weight excluding hydrogens is 423 g/mol. The third-order valence-corrected chi connectivity index (χ3v) is 6.62. The molecule has 168 valence electrons. The van der Waals surface area contributed by atoms with E-state index in [9.17, 15) is 9.50 Å². The lowest BCUT2D eigenvalue weighted by Crippen LogP contribution is -2.51. The molecule has 1 fully saturated rings. The van der Waals surface area contributed by atoms with Crippen molar-refractivity contribution in [2.75, 3.05) is 13.2 Å². The third-order valence-electron chi connectivity index (χ3n) is 6.62. The highest BCUT2D eigenvalue weighted by atomic mass is 19.1. The molecular formula is C25H23FN4O3. The Hall–Kier alpha value is -3.65. The van der Waals surface area contributed by atoms with Gasteiger partial charge in [0.15, 0.2) is 5.84 Å². The molecule has 7 nitrogen and oxygen atoms in total. The van der Waals surface area contributed by atoms with Crippen molar-refractivity contribution in [3.8, 4) is 11.4 Å². The SMILES string of the molecule is Cc1ncn2c1COc1cc(/C=C3\CCCN4C3=NO[C@]4(CO)c3ccc(F)cc3)ccc1-2. The van der Waals surface area contributed by atoms with Gasteiger partial charge < -0.3 is 19.6 Å². The number of ether oxygens (including phenoxy) is 1. The number of hydrogen-bond acceptors (Lipinski definition) is 6. The summed E-state index contributed by atoms with van der Waals surface area (Å²) in [4.78, 5) is 12.2. The molecule has 3 aromatic rings. The number of rotatable bonds is 3. The molecule has 8 heteroatoms. The summed E-state index contributed by atoms with van der Waals surface area (Å²) in [6, 6.07) is 12.1. The largest absolute Gasteiger partial charge is 0.485 e. The zero-order chi connectivity index (χ0) is 22.6. The van der Waals surface area contributed by atoms with Crippen molar-refractivity contribution in [3.05, 3.63) is 82.7 Å². The molecule has 0 radical (unpaired) electrons. The summed E-state index contributed by atoms with van der Waals surface area (Å²) >= 11 is 0. The van der Waals surface area contributed by atoms with Crippen LogP contribution in [0.25, 0.3) is 11.8 Å². The van der Waals surface area contributed by atoms with E-state index in [0.717, 1.165) is 46.8 Å². The van der Waals surface area contributed by atoms with E-state index in [1.165, 1.54) is 12.1 Å². The standard InChI is InChI=1S/C25H23FN4O3/c1-16-22-13-32-23-12-17(4-9-21(23)29(22)15-27-16)11-18-3-2-10-30-24(18)28-33-25(30,14-31)19-5-7-20(26)8-6-19/h4-9,11-12,15,31H,2-3,10,13-14H2,1H3/b18-11+/t25-/m1/s1. The second kappa shape index (κ2) is 7.45. The van der Waals surface area contributed by atoms with Gasteiger partial charge in [0.25, 0.3) is 5.72 Å². The van der Waals surface area contributed by atoms with Crippen LogP contribution in [0.5, 0.6) is 5.75 Å². The van der Waals surface area contributed by atoms with E-state index in [-0.39, 0.29) is 12.4 Å². The average molecular weight is 446 g/mol. The molecule has 0 amide bonds. The van der Waals surface area contributed by atoms with Crippen LogP contribution in [0.2, 0.25) is 0 Å². The minimum atomic E-state index is -1.14. The Balaban J connectivity index is 1.33. The van der Waals surface area contributed by atoms with Gasteiger partial charge in [-0.25, -0.2) is 9.37 Å². The van der Waals surface area contributed by atoms with Gasteiger partial charge in [0.1, 0.15) is 24.8 Å². The number of imidazole rings is 1. The highest BCUT2D eigenvalue weighted by Crippen LogP contribution is 2.40. The second-order valence-corrected chi connectivity index (χ2v) is 8.54. The fourth-order valence-corrected chi connectivity index (χ4v) is 4.83. The Kier molecular flexibility index (Phi) is 4.51. The normalized spacial score (nSPS) is 22.2. The number of halogens is 1. The van der Waals surface area contributed by atoms with E-state index in [4.69, 9.17) is 9.57 Å². The molecule has 0 unspecified atom stereocenters. The van der Waals surface area contributed by atoms with Crippen molar-refractivity contribution in [1.82, 2.24) is 14.5 Å². The third kappa shape index (κ3) is 3.05. The molecule has 0 spiro atoms. The lowest BCUT2D eigenvalue weighted by Gasteiger charge is -2.38. The number of piperidine rings is 1. The topological polar surface area (TPSA) is 72.1 Å². The van der Waals surface area contributed by atoms with Gasteiger partial charge in [0, 0.05) is 12.1 Å². The molecule has 1 atom stereocenters. The number of hydrogen-bond donors (Lipinski definition) is 1. The summed E-state index contributed by atoms with van der Waals surface area (Å²) in [6.45, 7) is 2.86. The first-order valence-electron chi connectivity index (χ1n) is 11.0. The number of amidine groups is 1. The van der Waals surface area contributed by atoms with Gasteiger partial charge in [-0.2, -0.15) is 0 Å². The van der Waals surface area contributed by atoms with Crippen LogP contribution < -0.4 is 4.74 Å². The van der Waals surface area contributed by atoms with Crippen LogP contribution in [-0.4, -0.2) is 38.5 Å². The van der Waals surface area contributed by atoms with Crippen molar-refractivity contribution in [2.45, 2.75) is 32.1 Å². The molecule has 1 N–H and O–H groups in total. The van der Waals surface area contributed by atoms with Crippen molar-refractivity contribution in [1.29, 1.82) is 0 Å². The molecule has 0 bridgehead atoms. The predicted molar refractivity (Wildman–Crippen MR) is 120 cm³/mol. The number of nitrogens with zero attached hydrogens (tertiary/aromatic N) is 4. The first kappa shape index (κ1) is 20.0. The van der Waals surface area contributed by atoms with Crippen LogP contribution >= 0.6 is 0 Å². The lowest BCUT2D eigenvalue weighted by atomic mass is 9.94. The Morgan fingerprint density at radius 3 is 2.88 bits per heavy atom. The van der Waals surface area contributed by atoms with E-state index in [1.54, 1.807) is 12.1 Å². The van der Waals surface area contributed by atoms with Crippen molar-refractivity contribution >= 4 is 11.9 Å². The molecule has 33 heavy (non-hydrogen) atoms. The van der Waals surface area contributed by atoms with Crippen LogP contribution in [0.1, 0.15) is 35.4 Å². The van der Waals surface area contributed by atoms with E-state index in [2.05, 4.69) is 20.8 Å². The number of oxime groups is 1. The van der Waals surface area contributed by atoms with Crippen LogP contribution in [0.15, 0.2) is 59.5 Å². The molecule has 2 aromatic carbocycles. The molecule has 1 saturated heterocycles. The highest BCUT2D eigenvalue weighted by Gasteiger charge is 2.49. The first-order valence-corrected chi connectivity index (χ1v) is 11.0. The van der Waals surface area contributed by atoms with Crippen molar-refractivity contribution < 1.29 is 19.1 Å². The molecule has 6 rings (SSSR count). The number of aromatic nitrogens is 2. The van der Waals surface area contributed by atoms with Crippen LogP contribution in [-0.2, 0) is 17.2 Å². The van der Waals surface area contributed by atoms with Crippen molar-refractivity contribution in [3.63, 3.8) is 0 Å². The lowest BCUT2D eigenvalue weighted by molar-refractivity contribution is -0.137. The number of aliphatic hydroxyl groups excluding tert-OH is 1. The summed E-state index contributed by atoms with van der Waals surface area (Å²) in [7, 11) is 0. The molecule has 3 aliphatic rings. The molecule has 0 saturated carbocycles. The summed E-state index contributed by atoms with van der Waals surface area (Å²) < 4.78 is 21.5. The van der Waals surface area contributed by atoms with Gasteiger partial charge in [-0.3, -0.25) is 4.57 Å². The van der Waals surface area contributed by atoms with Crippen LogP contribution in [0.4, 0.5) is 4.39 Å². The Bertz CT molecular complexity index is 1300. The highest BCUT2D eigenvalue weighted by molar-refractivity contribution is 6.03. The van der Waals surface area contributed by atoms with Crippen LogP contribution in [0.3, 0.4) is 0 Å². The minimum Gasteiger partial charge on any atom is -0.485 e. The van der Waals surface area contributed by atoms with Gasteiger partial charge in [0.2, 0.25) is 0 Å². The van der Waals surface area contributed by atoms with Gasteiger partial charge >= 0.3 is 0 Å². The maximum atomic E-state index is 13.5. The number of aryl methyl sites for hydroxylation is 1. The smallest absolute Gasteiger partial charge is 0.260 e. The van der Waals surface area contributed by atoms with Crippen LogP contribution in [0, 0.1) is 12.7 Å². The number of fused-ring (bicyclic) bond motifs is 4. The maximum absolute atomic E-state index is 13.5. The van der Waals surface area contributed by atoms with E-state index in [0.29, 0.717) is 24.6 Å². The molecule has 4 heterocycles. The summed E-state index contributed by atoms with van der Waals surface area (Å²) in [5, 5.41) is 14.6. The predicted octanol–water partition coefficient (Wildman–Crippen LogP) is 3.88. The zero-order valence-electron chi connectivity index (χ0n) is 18.2. The van der Waals surface area contributed by atoms with Gasteiger partial charge in [-0.05, 0) is 73.4 Å². The summed E-state index contributed by atoms with van der Waals surface area (Å²) in [5.74, 6) is 1.17. The quantitative estimate of drug-likeness (QED) is 0.661. The van der Waals surface area contributed by atoms with E-state index >= 15 is 0 Å². The fourth-order valence-electron chi connectivity index (χ4n) is 4.83. The number of aliphatic hydroxyl groups is 1. The van der Waals surface area contributed by atoms with Crippen molar-refractivity contribution in [2.24, 2.45) is 5.16 Å². The molecule has 1 aromatic heterocycles. The molecule has 0 aliphatic carbocycles. The number of benzene rings is 2. The van der Waals surface area contributed by atoms with Gasteiger partial charge in [-0.1, -0.05) is 11.2 Å².